The molecule has 0 spiro atoms. The Kier molecular flexibility index (Phi) is 9.04. The van der Waals surface area contributed by atoms with Crippen LogP contribution in [0.2, 0.25) is 10.0 Å². The van der Waals surface area contributed by atoms with Gasteiger partial charge in [-0.1, -0.05) is 47.5 Å². The molecule has 45 heavy (non-hydrogen) atoms. The zero-order valence-electron chi connectivity index (χ0n) is 22.5. The van der Waals surface area contributed by atoms with Gasteiger partial charge in [0.25, 0.3) is 0 Å². The Morgan fingerprint density at radius 2 is 1.60 bits per heavy atom. The van der Waals surface area contributed by atoms with E-state index in [4.69, 9.17) is 43.1 Å². The molecule has 4 aromatic carbocycles. The van der Waals surface area contributed by atoms with Crippen LogP contribution in [0.3, 0.4) is 0 Å². The van der Waals surface area contributed by atoms with E-state index in [-0.39, 0.29) is 29.6 Å². The Morgan fingerprint density at radius 3 is 2.29 bits per heavy atom. The molecule has 14 heteroatoms. The van der Waals surface area contributed by atoms with Gasteiger partial charge < -0.3 is 24.7 Å². The van der Waals surface area contributed by atoms with Crippen molar-refractivity contribution in [3.05, 3.63) is 128 Å². The molecule has 4 aromatic rings. The lowest BCUT2D eigenvalue weighted by Gasteiger charge is -2.27. The van der Waals surface area contributed by atoms with Crippen molar-refractivity contribution in [2.45, 2.75) is 12.5 Å². The number of benzene rings is 4. The first-order valence-corrected chi connectivity index (χ1v) is 13.5. The van der Waals surface area contributed by atoms with E-state index in [0.29, 0.717) is 32.5 Å². The summed E-state index contributed by atoms with van der Waals surface area (Å²) in [6.07, 6.45) is 0. The molecule has 0 saturated carbocycles. The van der Waals surface area contributed by atoms with Crippen molar-refractivity contribution in [1.29, 1.82) is 5.26 Å². The molecule has 1 aliphatic rings. The van der Waals surface area contributed by atoms with E-state index in [1.807, 2.05) is 0 Å². The Morgan fingerprint density at radius 1 is 0.889 bits per heavy atom. The summed E-state index contributed by atoms with van der Waals surface area (Å²) < 4.78 is 88.9. The number of ether oxygens (including phenoxy) is 4. The van der Waals surface area contributed by atoms with Gasteiger partial charge in [-0.05, 0) is 35.9 Å². The Balaban J connectivity index is 1.34. The summed E-state index contributed by atoms with van der Waals surface area (Å²) in [7, 11) is 0. The van der Waals surface area contributed by atoms with Crippen molar-refractivity contribution in [2.75, 3.05) is 6.61 Å². The third kappa shape index (κ3) is 6.45. The highest BCUT2D eigenvalue weighted by atomic mass is 35.5. The van der Waals surface area contributed by atoms with Crippen LogP contribution in [0.1, 0.15) is 22.6 Å². The molecule has 5 rings (SSSR count). The molecule has 2 N–H and O–H groups in total. The van der Waals surface area contributed by atoms with Gasteiger partial charge in [-0.15, -0.1) is 0 Å². The van der Waals surface area contributed by atoms with Gasteiger partial charge in [0, 0.05) is 27.2 Å². The number of esters is 1. The molecule has 0 saturated heterocycles. The number of allylic oxidation sites excluding steroid dienone is 1. The van der Waals surface area contributed by atoms with Gasteiger partial charge in [-0.3, -0.25) is 0 Å². The number of fused-ring (bicyclic) bond motifs is 1. The molecule has 1 aliphatic heterocycles. The Hall–Kier alpha value is -4.99. The summed E-state index contributed by atoms with van der Waals surface area (Å²) in [5.74, 6) is -14.7. The molecule has 0 bridgehead atoms. The van der Waals surface area contributed by atoms with Gasteiger partial charge in [0.1, 0.15) is 35.5 Å². The normalized spacial score (nSPS) is 13.9. The number of hydrogen-bond donors (Lipinski definition) is 1. The summed E-state index contributed by atoms with van der Waals surface area (Å²) in [4.78, 5) is 12.3. The van der Waals surface area contributed by atoms with Crippen LogP contribution in [0.25, 0.3) is 0 Å². The van der Waals surface area contributed by atoms with Crippen LogP contribution in [-0.2, 0) is 11.4 Å². The van der Waals surface area contributed by atoms with Gasteiger partial charge in [-0.25, -0.2) is 18.0 Å². The van der Waals surface area contributed by atoms with E-state index in [1.165, 1.54) is 18.2 Å². The van der Waals surface area contributed by atoms with Crippen molar-refractivity contribution < 1.29 is 45.7 Å². The van der Waals surface area contributed by atoms with Crippen LogP contribution < -0.4 is 24.7 Å². The first-order valence-electron chi connectivity index (χ1n) is 12.7. The van der Waals surface area contributed by atoms with E-state index in [2.05, 4.69) is 10.8 Å². The highest BCUT2D eigenvalue weighted by Crippen LogP contribution is 2.44. The third-order valence-electron chi connectivity index (χ3n) is 6.53. The van der Waals surface area contributed by atoms with Crippen molar-refractivity contribution >= 4 is 29.2 Å². The number of nitrogens with two attached hydrogens (primary N) is 1. The minimum atomic E-state index is -2.37. The topological polar surface area (TPSA) is 104 Å². The SMILES string of the molecule is N#CC1=C(N)Oc2cc(OC(=O)COc3c(F)c(F)c(F)c(F)c3F)ccc2C1c1cccc(OCc2ccc(Cl)cc2Cl)c1. The number of hydrogen-bond acceptors (Lipinski definition) is 7. The highest BCUT2D eigenvalue weighted by Gasteiger charge is 2.32. The molecule has 0 aromatic heterocycles. The summed E-state index contributed by atoms with van der Waals surface area (Å²) in [5, 5.41) is 10.8. The fraction of sp³-hybridized carbons (Fsp3) is 0.0968. The largest absolute Gasteiger partial charge is 0.489 e. The summed E-state index contributed by atoms with van der Waals surface area (Å²) >= 11 is 12.2. The molecule has 0 fully saturated rings. The van der Waals surface area contributed by atoms with Gasteiger partial charge in [0.15, 0.2) is 12.4 Å². The van der Waals surface area contributed by atoms with Crippen molar-refractivity contribution in [3.63, 3.8) is 0 Å². The van der Waals surface area contributed by atoms with Gasteiger partial charge in [0.05, 0.1) is 5.92 Å². The van der Waals surface area contributed by atoms with Gasteiger partial charge in [0.2, 0.25) is 35.0 Å². The van der Waals surface area contributed by atoms with Crippen LogP contribution in [0, 0.1) is 40.4 Å². The molecular weight excluding hydrogens is 646 g/mol. The second-order valence-electron chi connectivity index (χ2n) is 9.38. The number of rotatable bonds is 8. The lowest BCUT2D eigenvalue weighted by atomic mass is 9.83. The zero-order valence-corrected chi connectivity index (χ0v) is 24.0. The molecule has 230 valence electrons. The smallest absolute Gasteiger partial charge is 0.349 e. The van der Waals surface area contributed by atoms with Gasteiger partial charge in [-0.2, -0.15) is 14.0 Å². The number of nitrogens with zero attached hydrogens (tertiary/aromatic N) is 1. The lowest BCUT2D eigenvalue weighted by molar-refractivity contribution is -0.136. The van der Waals surface area contributed by atoms with E-state index in [0.717, 1.165) is 0 Å². The first-order chi connectivity index (χ1) is 21.5. The predicted octanol–water partition coefficient (Wildman–Crippen LogP) is 7.47. The van der Waals surface area contributed by atoms with Crippen molar-refractivity contribution in [2.24, 2.45) is 5.73 Å². The maximum atomic E-state index is 13.8. The molecular formula is C31H17Cl2F5N2O5. The van der Waals surface area contributed by atoms with Crippen LogP contribution >= 0.6 is 23.2 Å². The molecule has 1 heterocycles. The molecule has 0 radical (unpaired) electrons. The first kappa shape index (κ1) is 31.4. The minimum Gasteiger partial charge on any atom is -0.489 e. The maximum Gasteiger partial charge on any atom is 0.349 e. The molecule has 7 nitrogen and oxygen atoms in total. The standard InChI is InChI=1S/C31H17Cl2F5N2O5/c32-16-5-4-15(21(33)9-16)12-42-17-3-1-2-14(8-17)24-19-7-6-18(10-22(19)45-31(40)20(24)11-39)44-23(41)13-43-30-28(37)26(35)25(34)27(36)29(30)38/h1-10,24H,12-13,40H2. The zero-order chi connectivity index (χ0) is 32.4. The average Bonchev–Trinajstić information content (AvgIpc) is 3.01. The Bertz CT molecular complexity index is 1890. The summed E-state index contributed by atoms with van der Waals surface area (Å²) in [6.45, 7) is -1.07. The maximum absolute atomic E-state index is 13.8. The van der Waals surface area contributed by atoms with Crippen LogP contribution in [-0.4, -0.2) is 12.6 Å². The lowest BCUT2D eigenvalue weighted by Crippen LogP contribution is -2.22. The number of carbonyl (C=O) groups excluding carboxylic acids is 1. The van der Waals surface area contributed by atoms with Crippen molar-refractivity contribution in [3.8, 4) is 29.1 Å². The van der Waals surface area contributed by atoms with E-state index >= 15 is 0 Å². The second-order valence-corrected chi connectivity index (χ2v) is 10.2. The van der Waals surface area contributed by atoms with Crippen LogP contribution in [0.4, 0.5) is 22.0 Å². The third-order valence-corrected chi connectivity index (χ3v) is 7.11. The number of nitriles is 1. The van der Waals surface area contributed by atoms with Crippen LogP contribution in [0.5, 0.6) is 23.0 Å². The minimum absolute atomic E-state index is 0.0985. The van der Waals surface area contributed by atoms with Crippen molar-refractivity contribution in [1.82, 2.24) is 0 Å². The number of carbonyl (C=O) groups is 1. The fourth-order valence-corrected chi connectivity index (χ4v) is 4.89. The van der Waals surface area contributed by atoms with Gasteiger partial charge >= 0.3 is 5.97 Å². The molecule has 0 amide bonds. The number of halogens is 7. The van der Waals surface area contributed by atoms with E-state index in [1.54, 1.807) is 42.5 Å². The van der Waals surface area contributed by atoms with Crippen LogP contribution in [0.15, 0.2) is 72.1 Å². The predicted molar refractivity (Wildman–Crippen MR) is 150 cm³/mol. The molecule has 1 atom stereocenters. The quantitative estimate of drug-likeness (QED) is 0.0686. The highest BCUT2D eigenvalue weighted by molar-refractivity contribution is 6.35. The average molecular weight is 663 g/mol. The fourth-order valence-electron chi connectivity index (χ4n) is 4.43. The summed E-state index contributed by atoms with van der Waals surface area (Å²) in [5.41, 5.74) is 7.93. The molecule has 1 unspecified atom stereocenters. The monoisotopic (exact) mass is 662 g/mol. The van der Waals surface area contributed by atoms with E-state index < -0.39 is 53.3 Å². The summed E-state index contributed by atoms with van der Waals surface area (Å²) in [6, 6.07) is 18.0. The Labute approximate surface area is 261 Å². The second kappa shape index (κ2) is 12.9. The molecule has 0 aliphatic carbocycles. The van der Waals surface area contributed by atoms with E-state index in [9.17, 15) is 32.0 Å².